The van der Waals surface area contributed by atoms with E-state index in [-0.39, 0.29) is 23.8 Å². The van der Waals surface area contributed by atoms with Crippen LogP contribution in [0.4, 0.5) is 0 Å². The largest absolute Gasteiger partial charge is 0.493 e. The van der Waals surface area contributed by atoms with Gasteiger partial charge in [-0.05, 0) is 35.9 Å². The van der Waals surface area contributed by atoms with Gasteiger partial charge < -0.3 is 14.8 Å². The highest BCUT2D eigenvalue weighted by Crippen LogP contribution is 2.34. The van der Waals surface area contributed by atoms with Crippen LogP contribution in [-0.2, 0) is 11.3 Å². The van der Waals surface area contributed by atoms with E-state index in [9.17, 15) is 9.59 Å². The van der Waals surface area contributed by atoms with E-state index in [1.807, 2.05) is 66.0 Å². The molecule has 2 heterocycles. The van der Waals surface area contributed by atoms with Gasteiger partial charge in [-0.15, -0.1) is 11.3 Å². The fourth-order valence-electron chi connectivity index (χ4n) is 3.68. The molecule has 0 aliphatic carbocycles. The number of aromatic nitrogens is 3. The topological polar surface area (TPSA) is 94.8 Å². The van der Waals surface area contributed by atoms with E-state index in [2.05, 4.69) is 31.3 Å². The summed E-state index contributed by atoms with van der Waals surface area (Å²) in [5, 5.41) is 9.32. The lowest BCUT2D eigenvalue weighted by Gasteiger charge is -2.12. The average molecular weight is 577 g/mol. The lowest BCUT2D eigenvalue weighted by molar-refractivity contribution is -0.123. The predicted octanol–water partition coefficient (Wildman–Crippen LogP) is 4.95. The predicted molar refractivity (Wildman–Crippen MR) is 146 cm³/mol. The van der Waals surface area contributed by atoms with Gasteiger partial charge >= 0.3 is 5.56 Å². The maximum Gasteiger partial charge on any atom is 0.300 e. The number of rotatable bonds is 8. The number of hydrogen-bond acceptors (Lipinski definition) is 7. The van der Waals surface area contributed by atoms with Gasteiger partial charge in [-0.2, -0.15) is 10.1 Å². The van der Waals surface area contributed by atoms with Crippen LogP contribution in [0, 0.1) is 0 Å². The van der Waals surface area contributed by atoms with Crippen LogP contribution in [0.5, 0.6) is 11.5 Å². The number of benzene rings is 3. The molecule has 0 aliphatic rings. The second-order valence-electron chi connectivity index (χ2n) is 8.00. The molecule has 3 aromatic carbocycles. The Morgan fingerprint density at radius 1 is 1.03 bits per heavy atom. The number of nitrogens with zero attached hydrogens (tertiary/aromatic N) is 3. The van der Waals surface area contributed by atoms with Crippen molar-refractivity contribution in [3.63, 3.8) is 0 Å². The Labute approximate surface area is 224 Å². The van der Waals surface area contributed by atoms with Crippen molar-refractivity contribution in [1.29, 1.82) is 0 Å². The summed E-state index contributed by atoms with van der Waals surface area (Å²) in [6, 6.07) is 22.4. The fourth-order valence-corrected chi connectivity index (χ4v) is 4.77. The van der Waals surface area contributed by atoms with E-state index < -0.39 is 0 Å². The van der Waals surface area contributed by atoms with Crippen molar-refractivity contribution in [2.24, 2.45) is 0 Å². The van der Waals surface area contributed by atoms with E-state index in [1.54, 1.807) is 16.6 Å². The number of thiazole rings is 1. The molecule has 5 rings (SSSR count). The van der Waals surface area contributed by atoms with E-state index in [1.165, 1.54) is 18.4 Å². The van der Waals surface area contributed by atoms with Crippen LogP contribution < -0.4 is 20.3 Å². The minimum Gasteiger partial charge on any atom is -0.493 e. The van der Waals surface area contributed by atoms with Crippen LogP contribution in [0.15, 0.2) is 87.4 Å². The SMILES string of the molecule is COc1cc(-c2csc3nc(=O)c(-c4ccc(Br)cc4)nn23)ccc1OCC(=O)NCc1ccccc1. The van der Waals surface area contributed by atoms with E-state index in [0.29, 0.717) is 28.6 Å². The molecular weight excluding hydrogens is 556 g/mol. The van der Waals surface area contributed by atoms with Crippen molar-refractivity contribution in [2.45, 2.75) is 6.54 Å². The van der Waals surface area contributed by atoms with Crippen molar-refractivity contribution in [3.8, 4) is 34.0 Å². The highest BCUT2D eigenvalue weighted by atomic mass is 79.9. The number of halogens is 1. The number of carbonyl (C=O) groups is 1. The molecule has 8 nitrogen and oxygen atoms in total. The average Bonchev–Trinajstić information content (AvgIpc) is 3.33. The number of fused-ring (bicyclic) bond motifs is 1. The molecule has 0 radical (unpaired) electrons. The molecular formula is C27H21BrN4O4S. The summed E-state index contributed by atoms with van der Waals surface area (Å²) in [7, 11) is 1.54. The number of hydrogen-bond donors (Lipinski definition) is 1. The van der Waals surface area contributed by atoms with Gasteiger partial charge in [0.15, 0.2) is 23.8 Å². The summed E-state index contributed by atoms with van der Waals surface area (Å²) in [5.41, 5.74) is 3.11. The Morgan fingerprint density at radius 3 is 2.54 bits per heavy atom. The lowest BCUT2D eigenvalue weighted by atomic mass is 10.1. The molecule has 0 fully saturated rings. The molecule has 0 saturated carbocycles. The molecule has 0 aliphatic heterocycles. The third-order valence-electron chi connectivity index (χ3n) is 5.55. The number of carbonyl (C=O) groups excluding carboxylic acids is 1. The Morgan fingerprint density at radius 2 is 1.78 bits per heavy atom. The highest BCUT2D eigenvalue weighted by Gasteiger charge is 2.16. The molecule has 0 unspecified atom stereocenters. The number of nitrogens with one attached hydrogen (secondary N) is 1. The Kier molecular flexibility index (Phi) is 7.29. The number of ether oxygens (including phenoxy) is 2. The first-order valence-corrected chi connectivity index (χ1v) is 13.0. The molecule has 2 aromatic heterocycles. The molecule has 0 spiro atoms. The maximum absolute atomic E-state index is 12.6. The van der Waals surface area contributed by atoms with Gasteiger partial charge in [-0.3, -0.25) is 9.59 Å². The first kappa shape index (κ1) is 24.7. The van der Waals surface area contributed by atoms with Crippen molar-refractivity contribution in [1.82, 2.24) is 19.9 Å². The van der Waals surface area contributed by atoms with Gasteiger partial charge in [-0.25, -0.2) is 4.52 Å². The first-order valence-electron chi connectivity index (χ1n) is 11.3. The summed E-state index contributed by atoms with van der Waals surface area (Å²) in [5.74, 6) is 0.669. The molecule has 0 atom stereocenters. The Hall–Kier alpha value is -4.02. The second-order valence-corrected chi connectivity index (χ2v) is 9.76. The van der Waals surface area contributed by atoms with Crippen molar-refractivity contribution in [3.05, 3.63) is 98.6 Å². The summed E-state index contributed by atoms with van der Waals surface area (Å²) in [6.07, 6.45) is 0. The normalized spacial score (nSPS) is 10.9. The van der Waals surface area contributed by atoms with E-state index in [4.69, 9.17) is 9.47 Å². The van der Waals surface area contributed by atoms with Crippen LogP contribution in [0.2, 0.25) is 0 Å². The molecule has 1 amide bonds. The minimum absolute atomic E-state index is 0.146. The zero-order chi connectivity index (χ0) is 25.8. The van der Waals surface area contributed by atoms with Crippen LogP contribution in [0.3, 0.4) is 0 Å². The van der Waals surface area contributed by atoms with Crippen LogP contribution in [0.25, 0.3) is 27.5 Å². The number of methoxy groups -OCH3 is 1. The van der Waals surface area contributed by atoms with Gasteiger partial charge in [0.2, 0.25) is 4.96 Å². The zero-order valence-electron chi connectivity index (χ0n) is 19.7. The van der Waals surface area contributed by atoms with Gasteiger partial charge in [0.1, 0.15) is 0 Å². The van der Waals surface area contributed by atoms with Gasteiger partial charge in [0.25, 0.3) is 5.91 Å². The quantitative estimate of drug-likeness (QED) is 0.281. The van der Waals surface area contributed by atoms with Crippen LogP contribution >= 0.6 is 27.3 Å². The smallest absolute Gasteiger partial charge is 0.300 e. The zero-order valence-corrected chi connectivity index (χ0v) is 22.1. The Balaban J connectivity index is 1.36. The second kappa shape index (κ2) is 10.9. The van der Waals surface area contributed by atoms with Gasteiger partial charge in [0, 0.05) is 27.5 Å². The van der Waals surface area contributed by atoms with E-state index in [0.717, 1.165) is 21.3 Å². The van der Waals surface area contributed by atoms with Gasteiger partial charge in [-0.1, -0.05) is 58.4 Å². The van der Waals surface area contributed by atoms with Crippen molar-refractivity contribution < 1.29 is 14.3 Å². The van der Waals surface area contributed by atoms with Crippen molar-refractivity contribution in [2.75, 3.05) is 13.7 Å². The van der Waals surface area contributed by atoms with Crippen LogP contribution in [-0.4, -0.2) is 34.2 Å². The molecule has 186 valence electrons. The van der Waals surface area contributed by atoms with Crippen molar-refractivity contribution >= 4 is 38.1 Å². The monoisotopic (exact) mass is 576 g/mol. The minimum atomic E-state index is -0.386. The van der Waals surface area contributed by atoms with Gasteiger partial charge in [0.05, 0.1) is 12.8 Å². The molecule has 5 aromatic rings. The first-order chi connectivity index (χ1) is 18.0. The standard InChI is InChI=1S/C27H21BrN4O4S/c1-35-23-13-19(9-12-22(23)36-15-24(33)29-14-17-5-3-2-4-6-17)21-16-37-27-30-26(34)25(31-32(21)27)18-7-10-20(28)11-8-18/h2-13,16H,14-15H2,1H3,(H,29,33). The third-order valence-corrected chi connectivity index (χ3v) is 6.90. The highest BCUT2D eigenvalue weighted by molar-refractivity contribution is 9.10. The lowest BCUT2D eigenvalue weighted by Crippen LogP contribution is -2.28. The molecule has 0 saturated heterocycles. The Bertz CT molecular complexity index is 1620. The molecule has 37 heavy (non-hydrogen) atoms. The molecule has 10 heteroatoms. The van der Waals surface area contributed by atoms with Crippen LogP contribution in [0.1, 0.15) is 5.56 Å². The third kappa shape index (κ3) is 5.55. The summed E-state index contributed by atoms with van der Waals surface area (Å²) < 4.78 is 13.8. The molecule has 0 bridgehead atoms. The summed E-state index contributed by atoms with van der Waals surface area (Å²) in [6.45, 7) is 0.281. The summed E-state index contributed by atoms with van der Waals surface area (Å²) >= 11 is 4.73. The fraction of sp³-hybridized carbons (Fsp3) is 0.111. The number of amides is 1. The maximum atomic E-state index is 12.6. The summed E-state index contributed by atoms with van der Waals surface area (Å²) in [4.78, 5) is 29.6. The van der Waals surface area contributed by atoms with E-state index >= 15 is 0 Å². The molecule has 1 N–H and O–H groups in total.